The number of amides is 1. The largest absolute Gasteiger partial charge is 0.484 e. The number of nitrogens with zero attached hydrogens (tertiary/aromatic N) is 2. The van der Waals surface area contributed by atoms with Crippen molar-refractivity contribution < 1.29 is 19.1 Å². The fraction of sp³-hybridized carbons (Fsp3) is 0.296. The smallest absolute Gasteiger partial charge is 0.260 e. The number of aliphatic hydroxyl groups is 1. The summed E-state index contributed by atoms with van der Waals surface area (Å²) in [4.78, 5) is 17.2. The Kier molecular flexibility index (Phi) is 6.03. The van der Waals surface area contributed by atoms with E-state index in [4.69, 9.17) is 9.15 Å². The lowest BCUT2D eigenvalue weighted by Gasteiger charge is -2.33. The van der Waals surface area contributed by atoms with Crippen LogP contribution in [0.25, 0.3) is 21.7 Å². The molecule has 0 aliphatic carbocycles. The van der Waals surface area contributed by atoms with Crippen LogP contribution in [-0.4, -0.2) is 60.2 Å². The average molecular weight is 445 g/mol. The number of carbonyl (C=O) groups excluding carboxylic acids is 1. The van der Waals surface area contributed by atoms with E-state index in [1.54, 1.807) is 11.2 Å². The van der Waals surface area contributed by atoms with Gasteiger partial charge in [0.05, 0.1) is 18.4 Å². The van der Waals surface area contributed by atoms with Crippen LogP contribution in [-0.2, 0) is 4.79 Å². The number of likely N-dealkylation sites (tertiary alicyclic amines) is 1. The van der Waals surface area contributed by atoms with Gasteiger partial charge in [0.1, 0.15) is 11.3 Å². The maximum Gasteiger partial charge on any atom is 0.260 e. The number of hydrogen-bond acceptors (Lipinski definition) is 5. The molecule has 0 radical (unpaired) electrons. The summed E-state index contributed by atoms with van der Waals surface area (Å²) in [6.07, 6.45) is 2.09. The molecule has 6 nitrogen and oxygen atoms in total. The lowest BCUT2D eigenvalue weighted by Crippen LogP contribution is -2.41. The SMILES string of the molecule is CN(C(=O)COc1ccc2occc2c1)C(CN1CC[C@H](O)C1)c1cccc2ccccc12. The van der Waals surface area contributed by atoms with Crippen LogP contribution in [0.2, 0.25) is 0 Å². The second-order valence-corrected chi connectivity index (χ2v) is 8.70. The lowest BCUT2D eigenvalue weighted by atomic mass is 9.97. The number of β-amino-alcohol motifs (C(OH)–C–C–N with tert-alkyl or cyclic N) is 1. The highest BCUT2D eigenvalue weighted by Gasteiger charge is 2.29. The fourth-order valence-electron chi connectivity index (χ4n) is 4.65. The van der Waals surface area contributed by atoms with Gasteiger partial charge in [0.2, 0.25) is 0 Å². The molecule has 0 saturated carbocycles. The third kappa shape index (κ3) is 4.58. The number of aliphatic hydroxyl groups excluding tert-OH is 1. The van der Waals surface area contributed by atoms with Crippen molar-refractivity contribution in [3.05, 3.63) is 78.6 Å². The van der Waals surface area contributed by atoms with E-state index in [0.717, 1.165) is 40.3 Å². The van der Waals surface area contributed by atoms with E-state index >= 15 is 0 Å². The highest BCUT2D eigenvalue weighted by atomic mass is 16.5. The molecular weight excluding hydrogens is 416 g/mol. The number of benzene rings is 3. The molecule has 3 aromatic carbocycles. The number of rotatable bonds is 7. The Balaban J connectivity index is 1.38. The molecule has 1 saturated heterocycles. The first kappa shape index (κ1) is 21.5. The van der Waals surface area contributed by atoms with Gasteiger partial charge in [0.25, 0.3) is 5.91 Å². The molecule has 1 aromatic heterocycles. The third-order valence-electron chi connectivity index (χ3n) is 6.51. The summed E-state index contributed by atoms with van der Waals surface area (Å²) in [5, 5.41) is 13.2. The van der Waals surface area contributed by atoms with Crippen molar-refractivity contribution in [1.29, 1.82) is 0 Å². The molecule has 6 heteroatoms. The van der Waals surface area contributed by atoms with Crippen molar-refractivity contribution >= 4 is 27.6 Å². The molecule has 1 amide bonds. The lowest BCUT2D eigenvalue weighted by molar-refractivity contribution is -0.134. The molecule has 2 atom stereocenters. The van der Waals surface area contributed by atoms with Crippen LogP contribution in [0, 0.1) is 0 Å². The number of carbonyl (C=O) groups is 1. The molecule has 0 bridgehead atoms. The Bertz CT molecular complexity index is 1260. The third-order valence-corrected chi connectivity index (χ3v) is 6.51. The van der Waals surface area contributed by atoms with Gasteiger partial charge in [-0.05, 0) is 47.0 Å². The number of hydrogen-bond donors (Lipinski definition) is 1. The van der Waals surface area contributed by atoms with Crippen LogP contribution in [0.1, 0.15) is 18.0 Å². The van der Waals surface area contributed by atoms with E-state index in [2.05, 4.69) is 29.2 Å². The molecule has 1 N–H and O–H groups in total. The fourth-order valence-corrected chi connectivity index (χ4v) is 4.65. The maximum absolute atomic E-state index is 13.2. The van der Waals surface area contributed by atoms with Gasteiger partial charge in [0, 0.05) is 32.1 Å². The van der Waals surface area contributed by atoms with Crippen molar-refractivity contribution in [3.8, 4) is 5.75 Å². The normalized spacial score (nSPS) is 17.5. The van der Waals surface area contributed by atoms with E-state index in [1.807, 2.05) is 49.5 Å². The predicted molar refractivity (Wildman–Crippen MR) is 128 cm³/mol. The van der Waals surface area contributed by atoms with Crippen LogP contribution in [0.4, 0.5) is 0 Å². The van der Waals surface area contributed by atoms with Gasteiger partial charge in [0.15, 0.2) is 6.61 Å². The quantitative estimate of drug-likeness (QED) is 0.462. The van der Waals surface area contributed by atoms with Gasteiger partial charge < -0.3 is 19.2 Å². The molecule has 1 aliphatic rings. The highest BCUT2D eigenvalue weighted by molar-refractivity contribution is 5.87. The summed E-state index contributed by atoms with van der Waals surface area (Å²) in [5.74, 6) is 0.537. The van der Waals surface area contributed by atoms with E-state index in [-0.39, 0.29) is 24.7 Å². The molecule has 2 heterocycles. The molecule has 1 aliphatic heterocycles. The van der Waals surface area contributed by atoms with Crippen molar-refractivity contribution in [1.82, 2.24) is 9.80 Å². The molecule has 1 fully saturated rings. The molecule has 1 unspecified atom stereocenters. The van der Waals surface area contributed by atoms with Crippen molar-refractivity contribution in [2.75, 3.05) is 33.3 Å². The molecular formula is C27H28N2O4. The minimum atomic E-state index is -0.305. The topological polar surface area (TPSA) is 66.2 Å². The van der Waals surface area contributed by atoms with Gasteiger partial charge in [-0.3, -0.25) is 9.69 Å². The van der Waals surface area contributed by atoms with E-state index in [1.165, 1.54) is 0 Å². The number of likely N-dealkylation sites (N-methyl/N-ethyl adjacent to an activating group) is 1. The number of ether oxygens (including phenoxy) is 1. The van der Waals surface area contributed by atoms with Gasteiger partial charge >= 0.3 is 0 Å². The zero-order valence-corrected chi connectivity index (χ0v) is 18.7. The Hall–Kier alpha value is -3.35. The second-order valence-electron chi connectivity index (χ2n) is 8.70. The first-order valence-corrected chi connectivity index (χ1v) is 11.3. The zero-order chi connectivity index (χ0) is 22.8. The van der Waals surface area contributed by atoms with Gasteiger partial charge in [-0.2, -0.15) is 0 Å². The minimum Gasteiger partial charge on any atom is -0.484 e. The number of furan rings is 1. The summed E-state index contributed by atoms with van der Waals surface area (Å²) >= 11 is 0. The summed E-state index contributed by atoms with van der Waals surface area (Å²) in [6, 6.07) is 21.7. The Morgan fingerprint density at radius 3 is 2.85 bits per heavy atom. The molecule has 33 heavy (non-hydrogen) atoms. The van der Waals surface area contributed by atoms with Gasteiger partial charge in [-0.1, -0.05) is 42.5 Å². The van der Waals surface area contributed by atoms with Crippen molar-refractivity contribution in [2.24, 2.45) is 0 Å². The molecule has 0 spiro atoms. The van der Waals surface area contributed by atoms with Crippen molar-refractivity contribution in [3.63, 3.8) is 0 Å². The molecule has 170 valence electrons. The minimum absolute atomic E-state index is 0.0518. The summed E-state index contributed by atoms with van der Waals surface area (Å²) < 4.78 is 11.2. The standard InChI is InChI=1S/C27H28N2O4/c1-28(27(31)18-33-22-9-10-26-20(15-22)12-14-32-26)25(17-29-13-11-21(30)16-29)24-8-4-6-19-5-2-3-7-23(19)24/h2-10,12,14-15,21,25,30H,11,13,16-18H2,1H3/t21-,25?/m0/s1. The van der Waals surface area contributed by atoms with Crippen molar-refractivity contribution in [2.45, 2.75) is 18.6 Å². The van der Waals surface area contributed by atoms with Crippen LogP contribution >= 0.6 is 0 Å². The summed E-state index contributed by atoms with van der Waals surface area (Å²) in [7, 11) is 1.84. The van der Waals surface area contributed by atoms with E-state index in [9.17, 15) is 9.90 Å². The Morgan fingerprint density at radius 1 is 1.15 bits per heavy atom. The monoisotopic (exact) mass is 444 g/mol. The van der Waals surface area contributed by atoms with Crippen LogP contribution in [0.3, 0.4) is 0 Å². The Morgan fingerprint density at radius 2 is 2.00 bits per heavy atom. The first-order chi connectivity index (χ1) is 16.1. The zero-order valence-electron chi connectivity index (χ0n) is 18.7. The second kappa shape index (κ2) is 9.25. The van der Waals surface area contributed by atoms with Crippen LogP contribution < -0.4 is 4.74 Å². The van der Waals surface area contributed by atoms with E-state index < -0.39 is 0 Å². The molecule has 5 rings (SSSR count). The maximum atomic E-state index is 13.2. The average Bonchev–Trinajstić information content (AvgIpc) is 3.48. The first-order valence-electron chi connectivity index (χ1n) is 11.3. The molecule has 4 aromatic rings. The van der Waals surface area contributed by atoms with Gasteiger partial charge in [-0.25, -0.2) is 0 Å². The predicted octanol–water partition coefficient (Wildman–Crippen LogP) is 4.23. The van der Waals surface area contributed by atoms with Gasteiger partial charge in [-0.15, -0.1) is 0 Å². The highest BCUT2D eigenvalue weighted by Crippen LogP contribution is 2.30. The summed E-state index contributed by atoms with van der Waals surface area (Å²) in [5.41, 5.74) is 1.89. The number of fused-ring (bicyclic) bond motifs is 2. The summed E-state index contributed by atoms with van der Waals surface area (Å²) in [6.45, 7) is 2.06. The van der Waals surface area contributed by atoms with Crippen LogP contribution in [0.15, 0.2) is 77.4 Å². The Labute approximate surface area is 193 Å². The van der Waals surface area contributed by atoms with E-state index in [0.29, 0.717) is 18.8 Å². The van der Waals surface area contributed by atoms with Crippen LogP contribution in [0.5, 0.6) is 5.75 Å².